The predicted molar refractivity (Wildman–Crippen MR) is 49.3 cm³/mol. The summed E-state index contributed by atoms with van der Waals surface area (Å²) in [4.78, 5) is 10.3. The summed E-state index contributed by atoms with van der Waals surface area (Å²) in [6.07, 6.45) is 4.30. The van der Waals surface area contributed by atoms with Gasteiger partial charge in [0, 0.05) is 18.3 Å². The van der Waals surface area contributed by atoms with Gasteiger partial charge in [0.05, 0.1) is 5.69 Å². The van der Waals surface area contributed by atoms with Gasteiger partial charge in [-0.25, -0.2) is 4.79 Å². The summed E-state index contributed by atoms with van der Waals surface area (Å²) in [6.45, 7) is 3.98. The average molecular weight is 180 g/mol. The van der Waals surface area contributed by atoms with Gasteiger partial charge in [0.15, 0.2) is 0 Å². The number of aromatic nitrogens is 2. The highest BCUT2D eigenvalue weighted by Crippen LogP contribution is 2.08. The Morgan fingerprint density at radius 2 is 2.38 bits per heavy atom. The van der Waals surface area contributed by atoms with E-state index in [9.17, 15) is 4.79 Å². The van der Waals surface area contributed by atoms with Crippen molar-refractivity contribution in [3.63, 3.8) is 0 Å². The van der Waals surface area contributed by atoms with Crippen molar-refractivity contribution in [3.8, 4) is 0 Å². The summed E-state index contributed by atoms with van der Waals surface area (Å²) in [6, 6.07) is 2.02. The standard InChI is InChI=1S/C9H12N2O2/c1-7(2)11-8(5-6-10-11)3-4-9(12)13/h3-7H,1-2H3,(H,12,13). The monoisotopic (exact) mass is 180 g/mol. The Morgan fingerprint density at radius 3 is 2.92 bits per heavy atom. The van der Waals surface area contributed by atoms with Crippen molar-refractivity contribution in [2.75, 3.05) is 0 Å². The maximum atomic E-state index is 10.3. The number of aliphatic carboxylic acids is 1. The molecule has 0 aliphatic heterocycles. The Hall–Kier alpha value is -1.58. The largest absolute Gasteiger partial charge is 0.478 e. The second-order valence-corrected chi connectivity index (χ2v) is 2.97. The van der Waals surface area contributed by atoms with Crippen molar-refractivity contribution in [2.24, 2.45) is 0 Å². The molecule has 0 amide bonds. The first-order chi connectivity index (χ1) is 6.11. The lowest BCUT2D eigenvalue weighted by Crippen LogP contribution is -2.04. The quantitative estimate of drug-likeness (QED) is 0.718. The van der Waals surface area contributed by atoms with E-state index in [0.29, 0.717) is 0 Å². The Labute approximate surface area is 76.5 Å². The van der Waals surface area contributed by atoms with Crippen LogP contribution in [0.4, 0.5) is 0 Å². The van der Waals surface area contributed by atoms with E-state index in [-0.39, 0.29) is 6.04 Å². The van der Waals surface area contributed by atoms with E-state index in [1.165, 1.54) is 6.08 Å². The number of carboxylic acid groups (broad SMARTS) is 1. The molecule has 1 aromatic heterocycles. The molecule has 70 valence electrons. The van der Waals surface area contributed by atoms with E-state index in [2.05, 4.69) is 5.10 Å². The molecule has 4 nitrogen and oxygen atoms in total. The number of carbonyl (C=O) groups is 1. The molecule has 0 radical (unpaired) electrons. The molecule has 0 atom stereocenters. The fourth-order valence-corrected chi connectivity index (χ4v) is 1.04. The second-order valence-electron chi connectivity index (χ2n) is 2.97. The summed E-state index contributed by atoms with van der Waals surface area (Å²) >= 11 is 0. The zero-order chi connectivity index (χ0) is 9.84. The minimum atomic E-state index is -0.948. The Bertz CT molecular complexity index is 326. The summed E-state index contributed by atoms with van der Waals surface area (Å²) < 4.78 is 1.76. The third-order valence-electron chi connectivity index (χ3n) is 1.59. The molecule has 4 heteroatoms. The smallest absolute Gasteiger partial charge is 0.328 e. The molecule has 0 bridgehead atoms. The highest BCUT2D eigenvalue weighted by atomic mass is 16.4. The minimum Gasteiger partial charge on any atom is -0.478 e. The van der Waals surface area contributed by atoms with E-state index in [0.717, 1.165) is 11.8 Å². The summed E-state index contributed by atoms with van der Waals surface area (Å²) in [7, 11) is 0. The van der Waals surface area contributed by atoms with Gasteiger partial charge in [0.2, 0.25) is 0 Å². The Morgan fingerprint density at radius 1 is 1.69 bits per heavy atom. The van der Waals surface area contributed by atoms with E-state index in [1.807, 2.05) is 13.8 Å². The number of carboxylic acids is 1. The highest BCUT2D eigenvalue weighted by molar-refractivity contribution is 5.84. The van der Waals surface area contributed by atoms with Gasteiger partial charge < -0.3 is 5.11 Å². The van der Waals surface area contributed by atoms with Crippen LogP contribution >= 0.6 is 0 Å². The van der Waals surface area contributed by atoms with E-state index < -0.39 is 5.97 Å². The molecule has 1 rings (SSSR count). The van der Waals surface area contributed by atoms with Crippen molar-refractivity contribution in [1.82, 2.24) is 9.78 Å². The van der Waals surface area contributed by atoms with Crippen LogP contribution in [0.5, 0.6) is 0 Å². The van der Waals surface area contributed by atoms with Crippen LogP contribution < -0.4 is 0 Å². The Kier molecular flexibility index (Phi) is 2.84. The van der Waals surface area contributed by atoms with Crippen LogP contribution in [0.15, 0.2) is 18.3 Å². The summed E-state index contributed by atoms with van der Waals surface area (Å²) in [5.74, 6) is -0.948. The number of nitrogens with zero attached hydrogens (tertiary/aromatic N) is 2. The van der Waals surface area contributed by atoms with Crippen LogP contribution in [0.3, 0.4) is 0 Å². The van der Waals surface area contributed by atoms with E-state index >= 15 is 0 Å². The maximum Gasteiger partial charge on any atom is 0.328 e. The lowest BCUT2D eigenvalue weighted by Gasteiger charge is -2.07. The summed E-state index contributed by atoms with van der Waals surface area (Å²) in [5.41, 5.74) is 0.803. The van der Waals surface area contributed by atoms with Gasteiger partial charge in [-0.3, -0.25) is 4.68 Å². The molecule has 0 unspecified atom stereocenters. The van der Waals surface area contributed by atoms with Crippen LogP contribution in [0.2, 0.25) is 0 Å². The molecule has 13 heavy (non-hydrogen) atoms. The van der Waals surface area contributed by atoms with Crippen molar-refractivity contribution in [2.45, 2.75) is 19.9 Å². The number of rotatable bonds is 3. The van der Waals surface area contributed by atoms with E-state index in [4.69, 9.17) is 5.11 Å². The molecular formula is C9H12N2O2. The third-order valence-corrected chi connectivity index (χ3v) is 1.59. The first-order valence-corrected chi connectivity index (χ1v) is 4.06. The van der Waals surface area contributed by atoms with Crippen molar-refractivity contribution >= 4 is 12.0 Å². The van der Waals surface area contributed by atoms with Gasteiger partial charge in [-0.2, -0.15) is 5.10 Å². The predicted octanol–water partition coefficient (Wildman–Crippen LogP) is 1.56. The fraction of sp³-hybridized carbons (Fsp3) is 0.333. The molecule has 0 aliphatic rings. The van der Waals surface area contributed by atoms with Gasteiger partial charge in [-0.05, 0) is 26.0 Å². The molecule has 0 aromatic carbocycles. The lowest BCUT2D eigenvalue weighted by atomic mass is 10.3. The van der Waals surface area contributed by atoms with E-state index in [1.54, 1.807) is 16.9 Å². The first kappa shape index (κ1) is 9.51. The molecule has 0 aliphatic carbocycles. The van der Waals surface area contributed by atoms with Gasteiger partial charge in [-0.15, -0.1) is 0 Å². The molecule has 0 spiro atoms. The minimum absolute atomic E-state index is 0.239. The number of hydrogen-bond acceptors (Lipinski definition) is 2. The van der Waals surface area contributed by atoms with Gasteiger partial charge in [0.25, 0.3) is 0 Å². The van der Waals surface area contributed by atoms with Crippen molar-refractivity contribution < 1.29 is 9.90 Å². The van der Waals surface area contributed by atoms with Crippen LogP contribution in [0.1, 0.15) is 25.6 Å². The van der Waals surface area contributed by atoms with Crippen LogP contribution in [0, 0.1) is 0 Å². The maximum absolute atomic E-state index is 10.3. The molecule has 0 fully saturated rings. The molecular weight excluding hydrogens is 168 g/mol. The average Bonchev–Trinajstić information content (AvgIpc) is 2.47. The topological polar surface area (TPSA) is 55.1 Å². The van der Waals surface area contributed by atoms with Gasteiger partial charge in [-0.1, -0.05) is 0 Å². The SMILES string of the molecule is CC(C)n1nccc1C=CC(=O)O. The van der Waals surface area contributed by atoms with Crippen molar-refractivity contribution in [3.05, 3.63) is 24.0 Å². The van der Waals surface area contributed by atoms with Crippen LogP contribution in [0.25, 0.3) is 6.08 Å². The zero-order valence-electron chi connectivity index (χ0n) is 7.64. The fourth-order valence-electron chi connectivity index (χ4n) is 1.04. The van der Waals surface area contributed by atoms with Crippen LogP contribution in [-0.2, 0) is 4.79 Å². The first-order valence-electron chi connectivity index (χ1n) is 4.06. The number of hydrogen-bond donors (Lipinski definition) is 1. The highest BCUT2D eigenvalue weighted by Gasteiger charge is 2.02. The van der Waals surface area contributed by atoms with Crippen LogP contribution in [-0.4, -0.2) is 20.9 Å². The molecule has 0 saturated carbocycles. The zero-order valence-corrected chi connectivity index (χ0v) is 7.64. The van der Waals surface area contributed by atoms with Gasteiger partial charge in [0.1, 0.15) is 0 Å². The Balaban J connectivity index is 2.88. The lowest BCUT2D eigenvalue weighted by molar-refractivity contribution is -0.131. The molecule has 0 saturated heterocycles. The third kappa shape index (κ3) is 2.43. The molecule has 1 heterocycles. The van der Waals surface area contributed by atoms with Gasteiger partial charge >= 0.3 is 5.97 Å². The molecule has 1 aromatic rings. The normalized spacial score (nSPS) is 11.3. The second kappa shape index (κ2) is 3.89. The molecule has 1 N–H and O–H groups in total. The van der Waals surface area contributed by atoms with Crippen molar-refractivity contribution in [1.29, 1.82) is 0 Å². The summed E-state index contributed by atoms with van der Waals surface area (Å²) in [5, 5.41) is 12.5.